The van der Waals surface area contributed by atoms with Crippen LogP contribution in [0.2, 0.25) is 0 Å². The number of benzene rings is 6. The Labute approximate surface area is 610 Å². The van der Waals surface area contributed by atoms with Crippen molar-refractivity contribution in [3.63, 3.8) is 0 Å². The van der Waals surface area contributed by atoms with Gasteiger partial charge in [0.05, 0.1) is 45.0 Å². The van der Waals surface area contributed by atoms with Crippen molar-refractivity contribution in [3.05, 3.63) is 185 Å². The molecule has 0 aliphatic heterocycles. The molecule has 17 heteroatoms. The second-order valence-electron chi connectivity index (χ2n) is 25.6. The number of ether oxygens (including phenoxy) is 10. The molecule has 1 saturated carbocycles. The molecule has 0 spiro atoms. The summed E-state index contributed by atoms with van der Waals surface area (Å²) in [6.45, 7) is 34.0. The standard InChI is InChI=1S/C20H24O4.C20H32O2S.C15H22O4.C15H22O3.C14H23NO2/c1-4-14(2)17-9-11-19(12-10-17)24-15(3)23-13-16-5-7-18(8-6-16)20(21)22;1-4-16(2)18-10-12-19(13-11-18)22-17(3)21-14-15-23-20-8-6-5-7-9-20;1-4-11(2)13-5-7-14(8-6-13)19-12(3)18-10-9-15(16)17;1-4-12(2)14-6-8-15(9-7-14)18-13(3)17-11-5-10-16;1-4-11(2)13-5-7-14(8-6-13)17-12(3)16-10-9-15/h5-12,14-15H,4,13H2,1-3H3,(H,21,22);10-13,16-17,20H,4-9,14-15H2,1-3H3;5-8,11-12H,4,9-10H2,1-3H3,(H,16,17);6-10,12-13H,4-5,11H2,1-3H3;5-8,11-12H,4,9-10,15H2,1-3H3. The molecule has 6 aromatic rings. The van der Waals surface area contributed by atoms with Crippen LogP contribution < -0.4 is 29.4 Å². The topological polar surface area (TPSA) is 210 Å². The van der Waals surface area contributed by atoms with Gasteiger partial charge in [0, 0.05) is 24.0 Å². The van der Waals surface area contributed by atoms with Crippen molar-refractivity contribution in [2.75, 3.05) is 38.7 Å². The Hall–Kier alpha value is -6.96. The summed E-state index contributed by atoms with van der Waals surface area (Å²) in [5.41, 5.74) is 13.2. The minimum Gasteiger partial charge on any atom is -0.481 e. The van der Waals surface area contributed by atoms with Crippen LogP contribution in [0, 0.1) is 0 Å². The van der Waals surface area contributed by atoms with Crippen molar-refractivity contribution >= 4 is 30.0 Å². The van der Waals surface area contributed by atoms with Gasteiger partial charge in [-0.2, -0.15) is 11.8 Å². The molecule has 1 aliphatic rings. The number of thioether (sulfide) groups is 1. The number of hydrogen-bond acceptors (Lipinski definition) is 15. The molecule has 1 fully saturated rings. The van der Waals surface area contributed by atoms with Gasteiger partial charge in [0.1, 0.15) is 35.0 Å². The van der Waals surface area contributed by atoms with Crippen molar-refractivity contribution in [1.82, 2.24) is 0 Å². The first-order valence-corrected chi connectivity index (χ1v) is 37.8. The highest BCUT2D eigenvalue weighted by molar-refractivity contribution is 7.99. The fourth-order valence-corrected chi connectivity index (χ4v) is 11.3. The Balaban J connectivity index is 0.000000330. The summed E-state index contributed by atoms with van der Waals surface area (Å²) < 4.78 is 55.7. The highest BCUT2D eigenvalue weighted by atomic mass is 32.2. The molecule has 0 aromatic heterocycles. The van der Waals surface area contributed by atoms with Crippen LogP contribution in [0.15, 0.2) is 146 Å². The molecule has 16 nitrogen and oxygen atoms in total. The van der Waals surface area contributed by atoms with Crippen LogP contribution >= 0.6 is 11.8 Å². The van der Waals surface area contributed by atoms with Crippen molar-refractivity contribution in [3.8, 4) is 28.7 Å². The summed E-state index contributed by atoms with van der Waals surface area (Å²) >= 11 is 2.07. The maximum absolute atomic E-state index is 10.8. The lowest BCUT2D eigenvalue weighted by Crippen LogP contribution is -2.20. The highest BCUT2D eigenvalue weighted by Crippen LogP contribution is 2.30. The molecule has 1 aliphatic carbocycles. The van der Waals surface area contributed by atoms with Crippen LogP contribution in [0.3, 0.4) is 0 Å². The van der Waals surface area contributed by atoms with Crippen molar-refractivity contribution in [2.24, 2.45) is 5.73 Å². The lowest BCUT2D eigenvalue weighted by atomic mass is 9.99. The first-order chi connectivity index (χ1) is 48.5. The summed E-state index contributed by atoms with van der Waals surface area (Å²) in [4.78, 5) is 31.3. The molecule has 0 amide bonds. The number of carboxylic acid groups (broad SMARTS) is 2. The lowest BCUT2D eigenvalue weighted by molar-refractivity contribution is -0.140. The zero-order valence-corrected chi connectivity index (χ0v) is 64.2. The summed E-state index contributed by atoms with van der Waals surface area (Å²) in [5.74, 6) is 6.15. The summed E-state index contributed by atoms with van der Waals surface area (Å²) in [6.07, 6.45) is 12.3. The number of rotatable bonds is 40. The number of carboxylic acids is 2. The van der Waals surface area contributed by atoms with Crippen LogP contribution in [0.25, 0.3) is 0 Å². The average Bonchev–Trinajstić information content (AvgIpc) is 1.15. The summed E-state index contributed by atoms with van der Waals surface area (Å²) in [6, 6.07) is 47.4. The molecular formula is C84H123NO15S. The number of aliphatic carboxylic acids is 1. The predicted molar refractivity (Wildman–Crippen MR) is 410 cm³/mol. The first kappa shape index (κ1) is 88.3. The fourth-order valence-electron chi connectivity index (χ4n) is 10.1. The molecule has 4 N–H and O–H groups in total. The van der Waals surface area contributed by atoms with Crippen LogP contribution in [0.1, 0.15) is 254 Å². The van der Waals surface area contributed by atoms with E-state index in [1.165, 1.54) is 66.3 Å². The molecule has 7 rings (SSSR count). The minimum atomic E-state index is -0.931. The van der Waals surface area contributed by atoms with Gasteiger partial charge in [0.25, 0.3) is 0 Å². The number of carbonyl (C=O) groups excluding carboxylic acids is 1. The summed E-state index contributed by atoms with van der Waals surface area (Å²) in [5, 5.41) is 18.2. The van der Waals surface area contributed by atoms with E-state index >= 15 is 0 Å². The van der Waals surface area contributed by atoms with Crippen molar-refractivity contribution in [2.45, 2.75) is 254 Å². The van der Waals surface area contributed by atoms with Gasteiger partial charge in [-0.15, -0.1) is 0 Å². The SMILES string of the molecule is CCC(C)c1ccc(OC(C)OCCC(=O)O)cc1.CCC(C)c1ccc(OC(C)OCCC=O)cc1.CCC(C)c1ccc(OC(C)OCCN)cc1.CCC(C)c1ccc(OC(C)OCCSC2CCCCC2)cc1.CCC(C)c1ccc(OC(C)OCc2ccc(C(=O)O)cc2)cc1. The van der Waals surface area contributed by atoms with Crippen LogP contribution in [0.5, 0.6) is 28.7 Å². The Bertz CT molecular complexity index is 3070. The molecule has 10 unspecified atom stereocenters. The molecule has 0 radical (unpaired) electrons. The van der Waals surface area contributed by atoms with E-state index < -0.39 is 24.5 Å². The van der Waals surface area contributed by atoms with Gasteiger partial charge in [0.15, 0.2) is 31.5 Å². The van der Waals surface area contributed by atoms with E-state index in [4.69, 9.17) is 63.3 Å². The molecule has 101 heavy (non-hydrogen) atoms. The van der Waals surface area contributed by atoms with Crippen LogP contribution in [0.4, 0.5) is 0 Å². The second-order valence-corrected chi connectivity index (χ2v) is 27.0. The van der Waals surface area contributed by atoms with E-state index in [1.54, 1.807) is 31.2 Å². The molecule has 10 atom stereocenters. The number of nitrogens with two attached hydrogens (primary N) is 1. The van der Waals surface area contributed by atoms with E-state index in [-0.39, 0.29) is 37.5 Å². The van der Waals surface area contributed by atoms with Gasteiger partial charge >= 0.3 is 11.9 Å². The third kappa shape index (κ3) is 38.2. The van der Waals surface area contributed by atoms with Gasteiger partial charge in [-0.1, -0.05) is 161 Å². The normalized spacial score (nSPS) is 14.9. The number of aldehydes is 1. The molecule has 6 aromatic carbocycles. The predicted octanol–water partition coefficient (Wildman–Crippen LogP) is 20.7. The molecule has 560 valence electrons. The van der Waals surface area contributed by atoms with E-state index in [1.807, 2.05) is 88.4 Å². The zero-order valence-electron chi connectivity index (χ0n) is 63.4. The second kappa shape index (κ2) is 52.1. The smallest absolute Gasteiger partial charge is 0.335 e. The number of hydrogen-bond donors (Lipinski definition) is 3. The molecular weight excluding hydrogens is 1290 g/mol. The van der Waals surface area contributed by atoms with Gasteiger partial charge in [-0.05, 0) is 215 Å². The van der Waals surface area contributed by atoms with Gasteiger partial charge in [-0.25, -0.2) is 4.79 Å². The molecule has 0 bridgehead atoms. The highest BCUT2D eigenvalue weighted by Gasteiger charge is 2.16. The van der Waals surface area contributed by atoms with E-state index in [0.29, 0.717) is 62.4 Å². The Morgan fingerprint density at radius 3 is 1.03 bits per heavy atom. The van der Waals surface area contributed by atoms with E-state index in [9.17, 15) is 14.4 Å². The summed E-state index contributed by atoms with van der Waals surface area (Å²) in [7, 11) is 0. The van der Waals surface area contributed by atoms with Crippen molar-refractivity contribution in [1.29, 1.82) is 0 Å². The number of carbonyl (C=O) groups is 3. The van der Waals surface area contributed by atoms with E-state index in [0.717, 1.165) is 83.9 Å². The van der Waals surface area contributed by atoms with Crippen LogP contribution in [-0.4, -0.2) is 104 Å². The maximum atomic E-state index is 10.8. The molecule has 0 heterocycles. The number of aromatic carboxylic acids is 1. The Kier molecular flexibility index (Phi) is 45.5. The zero-order chi connectivity index (χ0) is 74.3. The van der Waals surface area contributed by atoms with Crippen LogP contribution in [-0.2, 0) is 39.9 Å². The van der Waals surface area contributed by atoms with E-state index in [2.05, 4.69) is 142 Å². The third-order valence-corrected chi connectivity index (χ3v) is 18.9. The van der Waals surface area contributed by atoms with Gasteiger partial charge < -0.3 is 68.1 Å². The van der Waals surface area contributed by atoms with Gasteiger partial charge in [0.2, 0.25) is 0 Å². The lowest BCUT2D eigenvalue weighted by Gasteiger charge is -2.21. The third-order valence-electron chi connectivity index (χ3n) is 17.6. The first-order valence-electron chi connectivity index (χ1n) is 36.7. The quantitative estimate of drug-likeness (QED) is 0.0186. The monoisotopic (exact) mass is 1420 g/mol. The maximum Gasteiger partial charge on any atom is 0.335 e. The minimum absolute atomic E-state index is 0.0132. The van der Waals surface area contributed by atoms with Gasteiger partial charge in [-0.3, -0.25) is 4.79 Å². The largest absolute Gasteiger partial charge is 0.481 e. The Morgan fingerprint density at radius 2 is 0.733 bits per heavy atom. The molecule has 0 saturated heterocycles. The fraction of sp³-hybridized carbons (Fsp3) is 0.536. The Morgan fingerprint density at radius 1 is 0.426 bits per heavy atom. The average molecular weight is 1420 g/mol. The van der Waals surface area contributed by atoms with Crippen molar-refractivity contribution < 1.29 is 72.0 Å².